The van der Waals surface area contributed by atoms with Gasteiger partial charge in [0.2, 0.25) is 0 Å². The summed E-state index contributed by atoms with van der Waals surface area (Å²) >= 11 is 1.35. The molecule has 3 heterocycles. The third kappa shape index (κ3) is 3.97. The number of nitrogens with zero attached hydrogens (tertiary/aromatic N) is 5. The summed E-state index contributed by atoms with van der Waals surface area (Å²) in [6.07, 6.45) is 1.63. The molecule has 2 saturated heterocycles. The van der Waals surface area contributed by atoms with Gasteiger partial charge in [-0.2, -0.15) is 13.5 Å². The van der Waals surface area contributed by atoms with Crippen molar-refractivity contribution in [2.24, 2.45) is 16.5 Å². The highest BCUT2D eigenvalue weighted by Crippen LogP contribution is 2.39. The highest BCUT2D eigenvalue weighted by Gasteiger charge is 2.48. The molecule has 2 atom stereocenters. The Morgan fingerprint density at radius 3 is 2.84 bits per heavy atom. The highest BCUT2D eigenvalue weighted by atomic mass is 32.3. The number of carbonyl (C=O) groups is 1. The van der Waals surface area contributed by atoms with Gasteiger partial charge in [0, 0.05) is 19.5 Å². The lowest BCUT2D eigenvalue weighted by molar-refractivity contribution is -0.0317. The van der Waals surface area contributed by atoms with Gasteiger partial charge in [-0.1, -0.05) is 11.3 Å². The molecule has 2 aliphatic heterocycles. The van der Waals surface area contributed by atoms with Gasteiger partial charge in [-0.15, -0.1) is 14.5 Å². The Morgan fingerprint density at radius 1 is 1.40 bits per heavy atom. The summed E-state index contributed by atoms with van der Waals surface area (Å²) in [7, 11) is -4.75. The summed E-state index contributed by atoms with van der Waals surface area (Å²) in [5.41, 5.74) is 10.5. The maximum atomic E-state index is 12.4. The van der Waals surface area contributed by atoms with Crippen LogP contribution >= 0.6 is 11.3 Å². The lowest BCUT2D eigenvalue weighted by atomic mass is 10.0. The molecule has 2 fully saturated rings. The third-order valence-corrected chi connectivity index (χ3v) is 5.32. The fourth-order valence-electron chi connectivity index (χ4n) is 2.87. The number of piperidine rings is 1. The number of aromatic nitrogens is 2. The van der Waals surface area contributed by atoms with Gasteiger partial charge in [0.1, 0.15) is 10.0 Å². The van der Waals surface area contributed by atoms with Crippen LogP contribution in [0.4, 0.5) is 4.79 Å². The zero-order valence-electron chi connectivity index (χ0n) is 13.0. The van der Waals surface area contributed by atoms with Crippen LogP contribution in [0.3, 0.4) is 0 Å². The molecule has 2 aliphatic rings. The minimum Gasteiger partial charge on any atom is -0.370 e. The maximum absolute atomic E-state index is 12.4. The molecule has 0 aliphatic carbocycles. The highest BCUT2D eigenvalue weighted by molar-refractivity contribution is 7.80. The summed E-state index contributed by atoms with van der Waals surface area (Å²) in [6, 6.07) is -1.37. The summed E-state index contributed by atoms with van der Waals surface area (Å²) in [4.78, 5) is 17.7. The summed E-state index contributed by atoms with van der Waals surface area (Å²) in [5, 5.41) is 10.3. The van der Waals surface area contributed by atoms with Crippen LogP contribution in [0.5, 0.6) is 0 Å². The number of guanidine groups is 1. The molecule has 2 bridgehead atoms. The molecule has 12 nitrogen and oxygen atoms in total. The van der Waals surface area contributed by atoms with Crippen LogP contribution in [-0.4, -0.2) is 64.3 Å². The molecule has 0 unspecified atom stereocenters. The Balaban J connectivity index is 1.70. The predicted octanol–water partition coefficient (Wildman–Crippen LogP) is -0.970. The largest absolute Gasteiger partial charge is 0.418 e. The monoisotopic (exact) mass is 391 g/mol. The van der Waals surface area contributed by atoms with Gasteiger partial charge in [-0.3, -0.25) is 9.55 Å². The molecule has 1 aromatic heterocycles. The van der Waals surface area contributed by atoms with Crippen molar-refractivity contribution in [1.82, 2.24) is 20.2 Å². The summed E-state index contributed by atoms with van der Waals surface area (Å²) in [6.45, 7) is 0.685. The van der Waals surface area contributed by atoms with Crippen LogP contribution in [0.25, 0.3) is 0 Å². The molecule has 0 radical (unpaired) electrons. The molecule has 25 heavy (non-hydrogen) atoms. The first-order valence-corrected chi connectivity index (χ1v) is 9.57. The van der Waals surface area contributed by atoms with E-state index in [1.54, 1.807) is 0 Å². The van der Waals surface area contributed by atoms with Gasteiger partial charge < -0.3 is 16.4 Å². The first-order valence-electron chi connectivity index (χ1n) is 7.39. The van der Waals surface area contributed by atoms with Crippen LogP contribution < -0.4 is 11.5 Å². The number of fused-ring (bicyclic) bond motifs is 2. The molecule has 5 N–H and O–H groups in total. The number of rotatable bonds is 6. The van der Waals surface area contributed by atoms with Gasteiger partial charge in [0.25, 0.3) is 0 Å². The van der Waals surface area contributed by atoms with E-state index in [9.17, 15) is 13.2 Å². The minimum absolute atomic E-state index is 0.00431. The summed E-state index contributed by atoms with van der Waals surface area (Å²) in [5.74, 6) is 0.00431. The smallest absolute Gasteiger partial charge is 0.370 e. The van der Waals surface area contributed by atoms with E-state index < -0.39 is 22.5 Å². The maximum Gasteiger partial charge on any atom is 0.418 e. The van der Waals surface area contributed by atoms with Crippen LogP contribution in [0, 0.1) is 0 Å². The van der Waals surface area contributed by atoms with Gasteiger partial charge in [0.15, 0.2) is 5.96 Å². The summed E-state index contributed by atoms with van der Waals surface area (Å²) < 4.78 is 35.0. The van der Waals surface area contributed by atoms with Gasteiger partial charge in [-0.25, -0.2) is 4.79 Å². The van der Waals surface area contributed by atoms with Crippen molar-refractivity contribution in [3.63, 3.8) is 0 Å². The van der Waals surface area contributed by atoms with Crippen molar-refractivity contribution in [2.45, 2.75) is 31.3 Å². The van der Waals surface area contributed by atoms with Gasteiger partial charge >= 0.3 is 16.4 Å². The Bertz CT molecular complexity index is 790. The van der Waals surface area contributed by atoms with Crippen molar-refractivity contribution in [2.75, 3.05) is 13.1 Å². The van der Waals surface area contributed by atoms with E-state index in [1.807, 2.05) is 0 Å². The van der Waals surface area contributed by atoms with E-state index in [2.05, 4.69) is 19.5 Å². The van der Waals surface area contributed by atoms with Crippen molar-refractivity contribution >= 4 is 33.7 Å². The van der Waals surface area contributed by atoms with Crippen molar-refractivity contribution in [3.8, 4) is 0 Å². The minimum atomic E-state index is -4.75. The zero-order valence-corrected chi connectivity index (χ0v) is 14.6. The number of nitrogens with two attached hydrogens (primary N) is 2. The fraction of sp³-hybridized carbons (Fsp3) is 0.636. The molecule has 138 valence electrons. The first-order chi connectivity index (χ1) is 11.7. The number of carbonyl (C=O) groups excluding carboxylic acids is 1. The molecular weight excluding hydrogens is 374 g/mol. The van der Waals surface area contributed by atoms with Crippen molar-refractivity contribution < 1.29 is 22.0 Å². The van der Waals surface area contributed by atoms with E-state index in [4.69, 9.17) is 16.0 Å². The zero-order chi connectivity index (χ0) is 18.2. The van der Waals surface area contributed by atoms with E-state index in [0.717, 1.165) is 5.01 Å². The normalized spacial score (nSPS) is 23.2. The van der Waals surface area contributed by atoms with Crippen LogP contribution in [0.2, 0.25) is 0 Å². The topological polar surface area (TPSA) is 177 Å². The molecule has 14 heteroatoms. The Hall–Kier alpha value is -2.03. The van der Waals surface area contributed by atoms with Crippen LogP contribution in [0.15, 0.2) is 4.99 Å². The Kier molecular flexibility index (Phi) is 4.77. The third-order valence-electron chi connectivity index (χ3n) is 3.88. The number of amides is 2. The lowest BCUT2D eigenvalue weighted by Crippen LogP contribution is -2.35. The quantitative estimate of drug-likeness (QED) is 0.312. The van der Waals surface area contributed by atoms with E-state index in [0.29, 0.717) is 42.4 Å². The van der Waals surface area contributed by atoms with Crippen LogP contribution in [-0.2, 0) is 21.1 Å². The van der Waals surface area contributed by atoms with Gasteiger partial charge in [-0.05, 0) is 12.8 Å². The molecule has 0 spiro atoms. The number of aliphatic imine (C=N–C) groups is 1. The molecule has 0 aromatic carbocycles. The second-order valence-electron chi connectivity index (χ2n) is 5.60. The first kappa shape index (κ1) is 17.8. The predicted molar refractivity (Wildman–Crippen MR) is 86.6 cm³/mol. The average Bonchev–Trinajstić information content (AvgIpc) is 3.06. The number of hydrogen-bond acceptors (Lipinski definition) is 8. The second-order valence-corrected chi connectivity index (χ2v) is 7.70. The van der Waals surface area contributed by atoms with Gasteiger partial charge in [0.05, 0.1) is 12.1 Å². The number of hydroxylamine groups is 2. The molecular formula is C11H17N7O5S2. The number of urea groups is 1. The van der Waals surface area contributed by atoms with E-state index in [1.165, 1.54) is 16.2 Å². The van der Waals surface area contributed by atoms with E-state index in [-0.39, 0.29) is 12.0 Å². The molecule has 2 amide bonds. The molecule has 1 aromatic rings. The fourth-order valence-corrected chi connectivity index (χ4v) is 4.24. The van der Waals surface area contributed by atoms with Crippen molar-refractivity contribution in [3.05, 3.63) is 10.0 Å². The molecule has 3 rings (SSSR count). The SMILES string of the molecule is NC(N)=NCCc1nnc([C@@H]2CC[C@@H]3CN2C(=O)N3OS(=O)(=O)O)s1. The van der Waals surface area contributed by atoms with Crippen molar-refractivity contribution in [1.29, 1.82) is 0 Å². The Morgan fingerprint density at radius 2 is 2.16 bits per heavy atom. The Labute approximate surface area is 147 Å². The van der Waals surface area contributed by atoms with Crippen LogP contribution in [0.1, 0.15) is 28.9 Å². The second kappa shape index (κ2) is 6.70. The van der Waals surface area contributed by atoms with E-state index >= 15 is 0 Å². The average molecular weight is 391 g/mol. The standard InChI is InChI=1S/C11H17N7O5S2/c12-10(13)14-4-3-8-15-16-9(24-8)7-2-1-6-5-17(7)11(19)18(6)23-25(20,21)22/h6-7H,1-5H2,(H4,12,13,14)(H,20,21,22)/t6-,7+/m1/s1. The number of hydrogen-bond donors (Lipinski definition) is 3. The molecule has 0 saturated carbocycles. The lowest BCUT2D eigenvalue weighted by Gasteiger charge is -2.28.